The Hall–Kier alpha value is -1.90. The van der Waals surface area contributed by atoms with Crippen molar-refractivity contribution < 1.29 is 23.4 Å². The predicted molar refractivity (Wildman–Crippen MR) is 129 cm³/mol. The van der Waals surface area contributed by atoms with Crippen molar-refractivity contribution in [2.24, 2.45) is 0 Å². The van der Waals surface area contributed by atoms with Crippen LogP contribution in [0.25, 0.3) is 0 Å². The molecule has 2 aromatic carbocycles. The molecule has 0 spiro atoms. The number of halogens is 3. The average molecular weight is 473 g/mol. The van der Waals surface area contributed by atoms with Crippen LogP contribution >= 0.6 is 11.9 Å². The lowest BCUT2D eigenvalue weighted by atomic mass is 10.1. The molecule has 32 heavy (non-hydrogen) atoms. The Morgan fingerprint density at radius 2 is 1.62 bits per heavy atom. The van der Waals surface area contributed by atoms with Gasteiger partial charge in [-0.05, 0) is 74.4 Å². The number of rotatable bonds is 8. The van der Waals surface area contributed by atoms with Crippen LogP contribution in [0.15, 0.2) is 24.3 Å². The summed E-state index contributed by atoms with van der Waals surface area (Å²) >= 11 is 1.30. The molecule has 1 unspecified atom stereocenters. The summed E-state index contributed by atoms with van der Waals surface area (Å²) in [5.41, 5.74) is 1.35. The molecule has 3 rings (SSSR count). The molecule has 1 atom stereocenters. The fraction of sp³-hybridized carbons (Fsp3) is 0.500. The first kappa shape index (κ1) is 28.1. The monoisotopic (exact) mass is 472 g/mol. The topological polar surface area (TPSA) is 64.5 Å². The summed E-state index contributed by atoms with van der Waals surface area (Å²) in [6.07, 6.45) is 1.22. The van der Waals surface area contributed by atoms with Gasteiger partial charge >= 0.3 is 0 Å². The van der Waals surface area contributed by atoms with E-state index in [9.17, 15) is 18.3 Å². The SMILES string of the molecule is CC.CC.Cc1ccc(Nc2c(F)c(F)cc(C)c2NSC2(CC(O)CO)CC2)c(F)c1. The smallest absolute Gasteiger partial charge is 0.184 e. The van der Waals surface area contributed by atoms with Gasteiger partial charge in [0.15, 0.2) is 11.6 Å². The van der Waals surface area contributed by atoms with Crippen molar-refractivity contribution in [3.8, 4) is 0 Å². The van der Waals surface area contributed by atoms with E-state index >= 15 is 0 Å². The molecule has 0 amide bonds. The number of benzene rings is 2. The molecule has 4 nitrogen and oxygen atoms in total. The molecule has 0 saturated heterocycles. The number of aliphatic hydroxyl groups excluding tert-OH is 2. The van der Waals surface area contributed by atoms with E-state index in [2.05, 4.69) is 10.0 Å². The van der Waals surface area contributed by atoms with Gasteiger partial charge in [0.25, 0.3) is 0 Å². The molecule has 0 radical (unpaired) electrons. The maximum absolute atomic E-state index is 14.6. The minimum Gasteiger partial charge on any atom is -0.394 e. The lowest BCUT2D eigenvalue weighted by molar-refractivity contribution is 0.0865. The lowest BCUT2D eigenvalue weighted by Gasteiger charge is -2.22. The highest BCUT2D eigenvalue weighted by Gasteiger charge is 2.45. The van der Waals surface area contributed by atoms with Crippen LogP contribution in [0.5, 0.6) is 0 Å². The van der Waals surface area contributed by atoms with Crippen LogP contribution in [0, 0.1) is 31.3 Å². The summed E-state index contributed by atoms with van der Waals surface area (Å²) in [6.45, 7) is 11.0. The van der Waals surface area contributed by atoms with Crippen LogP contribution in [0.4, 0.5) is 30.2 Å². The molecule has 0 aromatic heterocycles. The molecule has 0 heterocycles. The Morgan fingerprint density at radius 3 is 2.16 bits per heavy atom. The van der Waals surface area contributed by atoms with Crippen molar-refractivity contribution in [2.45, 2.75) is 71.7 Å². The number of aryl methyl sites for hydroxylation is 2. The quantitative estimate of drug-likeness (QED) is 0.316. The summed E-state index contributed by atoms with van der Waals surface area (Å²) in [5.74, 6) is -2.70. The van der Waals surface area contributed by atoms with Crippen molar-refractivity contribution in [2.75, 3.05) is 16.6 Å². The molecule has 0 bridgehead atoms. The Morgan fingerprint density at radius 1 is 1.00 bits per heavy atom. The number of anilines is 3. The van der Waals surface area contributed by atoms with E-state index in [1.54, 1.807) is 19.9 Å². The normalized spacial score (nSPS) is 14.3. The molecule has 1 fully saturated rings. The van der Waals surface area contributed by atoms with Gasteiger partial charge in [0, 0.05) is 4.75 Å². The first-order valence-electron chi connectivity index (χ1n) is 11.0. The van der Waals surface area contributed by atoms with E-state index in [0.717, 1.165) is 18.9 Å². The minimum atomic E-state index is -1.10. The Balaban J connectivity index is 0.00000121. The zero-order valence-corrected chi connectivity index (χ0v) is 20.5. The summed E-state index contributed by atoms with van der Waals surface area (Å²) in [4.78, 5) is 0. The van der Waals surface area contributed by atoms with Gasteiger partial charge in [-0.25, -0.2) is 13.2 Å². The van der Waals surface area contributed by atoms with Crippen molar-refractivity contribution in [1.82, 2.24) is 0 Å². The molecule has 2 aromatic rings. The van der Waals surface area contributed by atoms with Gasteiger partial charge in [0.2, 0.25) is 0 Å². The molecule has 1 saturated carbocycles. The van der Waals surface area contributed by atoms with Crippen molar-refractivity contribution in [3.63, 3.8) is 0 Å². The molecule has 1 aliphatic rings. The molecule has 4 N–H and O–H groups in total. The molecular formula is C24H35F3N2O2S. The summed E-state index contributed by atoms with van der Waals surface area (Å²) < 4.78 is 45.6. The molecule has 180 valence electrons. The average Bonchev–Trinajstić information content (AvgIpc) is 3.55. The Labute approximate surface area is 193 Å². The second-order valence-electron chi connectivity index (χ2n) is 7.28. The third-order valence-corrected chi connectivity index (χ3v) is 6.11. The van der Waals surface area contributed by atoms with Gasteiger partial charge < -0.3 is 20.3 Å². The Bertz CT molecular complexity index is 877. The number of aliphatic hydroxyl groups is 2. The molecule has 0 aliphatic heterocycles. The van der Waals surface area contributed by atoms with E-state index in [4.69, 9.17) is 5.11 Å². The van der Waals surface area contributed by atoms with Crippen LogP contribution in [0.2, 0.25) is 0 Å². The van der Waals surface area contributed by atoms with Crippen molar-refractivity contribution >= 4 is 29.0 Å². The standard InChI is InChI=1S/C20H23F3N2O2S.2C2H6/c1-11-3-4-16(14(21)7-11)24-19-17(23)15(22)8-12(2)18(19)25-28-20(5-6-20)9-13(27)10-26;2*1-2/h3-4,7-8,13,24-27H,5-6,9-10H2,1-2H3;2*1-2H3. The maximum atomic E-state index is 14.6. The molecule has 1 aliphatic carbocycles. The number of nitrogens with one attached hydrogen (secondary N) is 2. The third-order valence-electron chi connectivity index (χ3n) is 4.80. The fourth-order valence-electron chi connectivity index (χ4n) is 3.00. The highest BCUT2D eigenvalue weighted by molar-refractivity contribution is 8.02. The van der Waals surface area contributed by atoms with Gasteiger partial charge in [0.05, 0.1) is 24.1 Å². The summed E-state index contributed by atoms with van der Waals surface area (Å²) in [7, 11) is 0. The van der Waals surface area contributed by atoms with E-state index in [0.29, 0.717) is 23.2 Å². The van der Waals surface area contributed by atoms with E-state index in [1.807, 2.05) is 27.7 Å². The maximum Gasteiger partial charge on any atom is 0.184 e. The van der Waals surface area contributed by atoms with E-state index < -0.39 is 23.6 Å². The fourth-order valence-corrected chi connectivity index (χ4v) is 4.16. The van der Waals surface area contributed by atoms with Crippen LogP contribution < -0.4 is 10.0 Å². The van der Waals surface area contributed by atoms with Crippen molar-refractivity contribution in [3.05, 3.63) is 52.8 Å². The van der Waals surface area contributed by atoms with Crippen LogP contribution in [0.3, 0.4) is 0 Å². The predicted octanol–water partition coefficient (Wildman–Crippen LogP) is 6.85. The van der Waals surface area contributed by atoms with Gasteiger partial charge in [-0.3, -0.25) is 0 Å². The lowest BCUT2D eigenvalue weighted by Crippen LogP contribution is -2.21. The second-order valence-corrected chi connectivity index (χ2v) is 8.55. The van der Waals surface area contributed by atoms with Crippen molar-refractivity contribution in [1.29, 1.82) is 0 Å². The minimum absolute atomic E-state index is 0.0411. The summed E-state index contributed by atoms with van der Waals surface area (Å²) in [5, 5.41) is 21.4. The van der Waals surface area contributed by atoms with E-state index in [-0.39, 0.29) is 22.7 Å². The Kier molecular flexibility index (Phi) is 11.4. The molecular weight excluding hydrogens is 437 g/mol. The van der Waals surface area contributed by atoms with E-state index in [1.165, 1.54) is 24.1 Å². The summed E-state index contributed by atoms with van der Waals surface area (Å²) in [6, 6.07) is 5.54. The zero-order chi connectivity index (χ0) is 24.5. The highest BCUT2D eigenvalue weighted by Crippen LogP contribution is 2.52. The first-order chi connectivity index (χ1) is 15.2. The van der Waals surface area contributed by atoms with Crippen LogP contribution in [0.1, 0.15) is 58.1 Å². The number of hydrogen-bond acceptors (Lipinski definition) is 5. The van der Waals surface area contributed by atoms with Gasteiger partial charge in [-0.2, -0.15) is 0 Å². The zero-order valence-electron chi connectivity index (χ0n) is 19.7. The largest absolute Gasteiger partial charge is 0.394 e. The van der Waals surface area contributed by atoms with Gasteiger partial charge in [-0.1, -0.05) is 33.8 Å². The van der Waals surface area contributed by atoms with Crippen LogP contribution in [-0.4, -0.2) is 27.7 Å². The third kappa shape index (κ3) is 7.32. The highest BCUT2D eigenvalue weighted by atomic mass is 32.2. The molecule has 8 heteroatoms. The second kappa shape index (κ2) is 13.0. The number of hydrogen-bond donors (Lipinski definition) is 4. The first-order valence-corrected chi connectivity index (χ1v) is 11.8. The van der Waals surface area contributed by atoms with Gasteiger partial charge in [-0.15, -0.1) is 0 Å². The van der Waals surface area contributed by atoms with Gasteiger partial charge in [0.1, 0.15) is 11.5 Å². The van der Waals surface area contributed by atoms with Crippen LogP contribution in [-0.2, 0) is 0 Å².